The van der Waals surface area contributed by atoms with E-state index in [2.05, 4.69) is 5.32 Å². The highest BCUT2D eigenvalue weighted by Gasteiger charge is 2.23. The molecule has 0 aliphatic carbocycles. The number of aliphatic hydroxyl groups is 1. The minimum atomic E-state index is -0.230. The monoisotopic (exact) mass is 249 g/mol. The molecule has 5 heteroatoms. The Hall–Kier alpha value is -1.43. The van der Waals surface area contributed by atoms with Gasteiger partial charge in [-0.15, -0.1) is 0 Å². The van der Waals surface area contributed by atoms with Crippen LogP contribution >= 0.6 is 0 Å². The van der Waals surface area contributed by atoms with Gasteiger partial charge in [-0.05, 0) is 17.2 Å². The van der Waals surface area contributed by atoms with Crippen molar-refractivity contribution in [2.75, 3.05) is 25.1 Å². The lowest BCUT2D eigenvalue weighted by molar-refractivity contribution is -0.117. The molecule has 1 heterocycles. The lowest BCUT2D eigenvalue weighted by Gasteiger charge is -2.12. The van der Waals surface area contributed by atoms with Crippen molar-refractivity contribution in [1.82, 2.24) is 5.32 Å². The topological polar surface area (TPSA) is 78.6 Å². The van der Waals surface area contributed by atoms with E-state index in [1.807, 2.05) is 18.2 Å². The van der Waals surface area contributed by atoms with Crippen molar-refractivity contribution in [3.63, 3.8) is 0 Å². The van der Waals surface area contributed by atoms with E-state index in [9.17, 15) is 4.79 Å². The second-order valence-electron chi connectivity index (χ2n) is 4.67. The Morgan fingerprint density at radius 3 is 3.06 bits per heavy atom. The second-order valence-corrected chi connectivity index (χ2v) is 4.67. The molecule has 1 amide bonds. The van der Waals surface area contributed by atoms with Gasteiger partial charge in [0.25, 0.3) is 0 Å². The summed E-state index contributed by atoms with van der Waals surface area (Å²) in [6.07, 6.45) is 0.482. The summed E-state index contributed by atoms with van der Waals surface area (Å²) in [7, 11) is 1.80. The standard InChI is InChI=1S/C13H19N3O2/c1-16-12-3-2-9(4-10(12)5-13(16)18)6-15-7-11(14)8-17/h2-4,11,15,17H,5-8,14H2,1H3. The number of amides is 1. The van der Waals surface area contributed by atoms with Gasteiger partial charge in [-0.25, -0.2) is 0 Å². The van der Waals surface area contributed by atoms with E-state index in [1.54, 1.807) is 11.9 Å². The highest BCUT2D eigenvalue weighted by atomic mass is 16.3. The number of nitrogens with one attached hydrogen (secondary N) is 1. The fraction of sp³-hybridized carbons (Fsp3) is 0.462. The summed E-state index contributed by atoms with van der Waals surface area (Å²) < 4.78 is 0. The van der Waals surface area contributed by atoms with Crippen molar-refractivity contribution in [1.29, 1.82) is 0 Å². The van der Waals surface area contributed by atoms with Crippen LogP contribution in [0.3, 0.4) is 0 Å². The minimum absolute atomic E-state index is 0.0174. The van der Waals surface area contributed by atoms with E-state index in [0.29, 0.717) is 19.5 Å². The van der Waals surface area contributed by atoms with Crippen LogP contribution in [0.2, 0.25) is 0 Å². The summed E-state index contributed by atoms with van der Waals surface area (Å²) in [5, 5.41) is 12.0. The number of fused-ring (bicyclic) bond motifs is 1. The van der Waals surface area contributed by atoms with E-state index in [-0.39, 0.29) is 18.6 Å². The second kappa shape index (κ2) is 5.48. The molecule has 1 aliphatic rings. The van der Waals surface area contributed by atoms with E-state index in [4.69, 9.17) is 10.8 Å². The molecule has 2 rings (SSSR count). The predicted octanol–water partition coefficient (Wildman–Crippen LogP) is -0.385. The summed E-state index contributed by atoms with van der Waals surface area (Å²) in [5.74, 6) is 0.136. The molecular weight excluding hydrogens is 230 g/mol. The molecular formula is C13H19N3O2. The van der Waals surface area contributed by atoms with Gasteiger partial charge in [0, 0.05) is 31.9 Å². The zero-order valence-corrected chi connectivity index (χ0v) is 10.5. The first-order valence-electron chi connectivity index (χ1n) is 6.07. The zero-order chi connectivity index (χ0) is 13.1. The fourth-order valence-corrected chi connectivity index (χ4v) is 2.10. The third-order valence-electron chi connectivity index (χ3n) is 3.19. The summed E-state index contributed by atoms with van der Waals surface area (Å²) in [4.78, 5) is 13.2. The molecule has 1 aromatic rings. The van der Waals surface area contributed by atoms with Crippen LogP contribution in [-0.2, 0) is 17.8 Å². The van der Waals surface area contributed by atoms with Crippen molar-refractivity contribution in [3.05, 3.63) is 29.3 Å². The molecule has 0 radical (unpaired) electrons. The van der Waals surface area contributed by atoms with E-state index >= 15 is 0 Å². The number of nitrogens with two attached hydrogens (primary N) is 1. The number of nitrogens with zero attached hydrogens (tertiary/aromatic N) is 1. The van der Waals surface area contributed by atoms with Crippen LogP contribution in [0.5, 0.6) is 0 Å². The number of aliphatic hydroxyl groups excluding tert-OH is 1. The van der Waals surface area contributed by atoms with Crippen molar-refractivity contribution in [2.45, 2.75) is 19.0 Å². The van der Waals surface area contributed by atoms with Crippen molar-refractivity contribution < 1.29 is 9.90 Å². The van der Waals surface area contributed by atoms with Gasteiger partial charge in [-0.3, -0.25) is 4.79 Å². The molecule has 0 spiro atoms. The number of anilines is 1. The average Bonchev–Trinajstić information content (AvgIpc) is 2.64. The molecule has 1 unspecified atom stereocenters. The van der Waals surface area contributed by atoms with Crippen LogP contribution in [-0.4, -0.2) is 37.3 Å². The van der Waals surface area contributed by atoms with Crippen LogP contribution < -0.4 is 16.0 Å². The maximum absolute atomic E-state index is 11.6. The maximum atomic E-state index is 11.6. The lowest BCUT2D eigenvalue weighted by atomic mass is 10.1. The lowest BCUT2D eigenvalue weighted by Crippen LogP contribution is -2.36. The Morgan fingerprint density at radius 2 is 2.33 bits per heavy atom. The third kappa shape index (κ3) is 2.69. The molecule has 0 bridgehead atoms. The molecule has 1 aromatic carbocycles. The Kier molecular flexibility index (Phi) is 3.96. The highest BCUT2D eigenvalue weighted by molar-refractivity contribution is 6.00. The maximum Gasteiger partial charge on any atom is 0.231 e. The highest BCUT2D eigenvalue weighted by Crippen LogP contribution is 2.28. The van der Waals surface area contributed by atoms with E-state index in [0.717, 1.165) is 16.8 Å². The first-order chi connectivity index (χ1) is 8.61. The smallest absolute Gasteiger partial charge is 0.231 e. The summed E-state index contributed by atoms with van der Waals surface area (Å²) >= 11 is 0. The van der Waals surface area contributed by atoms with Gasteiger partial charge in [-0.2, -0.15) is 0 Å². The number of hydrogen-bond donors (Lipinski definition) is 3. The summed E-state index contributed by atoms with van der Waals surface area (Å²) in [6.45, 7) is 1.25. The van der Waals surface area contributed by atoms with Crippen molar-refractivity contribution in [2.24, 2.45) is 5.73 Å². The van der Waals surface area contributed by atoms with Gasteiger partial charge < -0.3 is 21.1 Å². The van der Waals surface area contributed by atoms with Gasteiger partial charge >= 0.3 is 0 Å². The van der Waals surface area contributed by atoms with Crippen molar-refractivity contribution >= 4 is 11.6 Å². The number of hydrogen-bond acceptors (Lipinski definition) is 4. The number of carbonyl (C=O) groups excluding carboxylic acids is 1. The molecule has 0 fully saturated rings. The zero-order valence-electron chi connectivity index (χ0n) is 10.5. The van der Waals surface area contributed by atoms with E-state index in [1.165, 1.54) is 0 Å². The average molecular weight is 249 g/mol. The number of likely N-dealkylation sites (N-methyl/N-ethyl adjacent to an activating group) is 1. The minimum Gasteiger partial charge on any atom is -0.395 e. The SMILES string of the molecule is CN1C(=O)Cc2cc(CNCC(N)CO)ccc21. The molecule has 1 atom stereocenters. The third-order valence-corrected chi connectivity index (χ3v) is 3.19. The van der Waals surface area contributed by atoms with Crippen LogP contribution in [0.4, 0.5) is 5.69 Å². The largest absolute Gasteiger partial charge is 0.395 e. The number of carbonyl (C=O) groups is 1. The Bertz CT molecular complexity index is 448. The fourth-order valence-electron chi connectivity index (χ4n) is 2.10. The van der Waals surface area contributed by atoms with Gasteiger partial charge in [0.1, 0.15) is 0 Å². The predicted molar refractivity (Wildman–Crippen MR) is 70.3 cm³/mol. The van der Waals surface area contributed by atoms with Crippen LogP contribution in [0.1, 0.15) is 11.1 Å². The summed E-state index contributed by atoms with van der Waals surface area (Å²) in [5.41, 5.74) is 8.80. The number of rotatable bonds is 5. The van der Waals surface area contributed by atoms with Crippen LogP contribution in [0, 0.1) is 0 Å². The molecule has 98 valence electrons. The molecule has 4 N–H and O–H groups in total. The normalized spacial score (nSPS) is 15.9. The van der Waals surface area contributed by atoms with Gasteiger partial charge in [-0.1, -0.05) is 12.1 Å². The van der Waals surface area contributed by atoms with Crippen LogP contribution in [0.15, 0.2) is 18.2 Å². The first-order valence-corrected chi connectivity index (χ1v) is 6.07. The van der Waals surface area contributed by atoms with Gasteiger partial charge in [0.15, 0.2) is 0 Å². The molecule has 5 nitrogen and oxygen atoms in total. The van der Waals surface area contributed by atoms with Gasteiger partial charge in [0.05, 0.1) is 13.0 Å². The summed E-state index contributed by atoms with van der Waals surface area (Å²) in [6, 6.07) is 5.80. The number of benzene rings is 1. The Morgan fingerprint density at radius 1 is 1.56 bits per heavy atom. The molecule has 0 aromatic heterocycles. The van der Waals surface area contributed by atoms with E-state index < -0.39 is 0 Å². The first kappa shape index (κ1) is 13.0. The Labute approximate surface area is 107 Å². The molecule has 0 saturated heterocycles. The van der Waals surface area contributed by atoms with Gasteiger partial charge in [0.2, 0.25) is 5.91 Å². The molecule has 0 saturated carbocycles. The molecule has 1 aliphatic heterocycles. The Balaban J connectivity index is 1.96. The van der Waals surface area contributed by atoms with Crippen molar-refractivity contribution in [3.8, 4) is 0 Å². The van der Waals surface area contributed by atoms with Crippen LogP contribution in [0.25, 0.3) is 0 Å². The quantitative estimate of drug-likeness (QED) is 0.664. The molecule has 18 heavy (non-hydrogen) atoms.